The minimum atomic E-state index is -0.132. The minimum Gasteiger partial charge on any atom is -0.274 e. The van der Waals surface area contributed by atoms with E-state index in [0.29, 0.717) is 18.9 Å². The molecule has 0 saturated carbocycles. The lowest BCUT2D eigenvalue weighted by Crippen LogP contribution is -2.25. The van der Waals surface area contributed by atoms with Crippen molar-refractivity contribution in [2.75, 3.05) is 6.61 Å². The lowest BCUT2D eigenvalue weighted by molar-refractivity contribution is -0.132. The van der Waals surface area contributed by atoms with E-state index in [9.17, 15) is 4.79 Å². The number of aromatic nitrogens is 2. The largest absolute Gasteiger partial charge is 0.274 e. The maximum Gasteiger partial charge on any atom is 0.248 e. The Bertz CT molecular complexity index is 411. The number of hydrogen-bond acceptors (Lipinski definition) is 3. The van der Waals surface area contributed by atoms with Gasteiger partial charge in [0.15, 0.2) is 0 Å². The lowest BCUT2D eigenvalue weighted by Gasteiger charge is -2.08. The van der Waals surface area contributed by atoms with Gasteiger partial charge >= 0.3 is 0 Å². The molecule has 5 nitrogen and oxygen atoms in total. The first-order chi connectivity index (χ1) is 8.45. The Balaban J connectivity index is 2.76. The molecule has 0 atom stereocenters. The number of carbonyl (C=O) groups is 1. The summed E-state index contributed by atoms with van der Waals surface area (Å²) < 4.78 is 1.98. The Morgan fingerprint density at radius 1 is 1.44 bits per heavy atom. The van der Waals surface area contributed by atoms with Crippen LogP contribution < -0.4 is 5.48 Å². The molecule has 0 fully saturated rings. The fraction of sp³-hybridized carbons (Fsp3) is 0.692. The van der Waals surface area contributed by atoms with E-state index < -0.39 is 0 Å². The summed E-state index contributed by atoms with van der Waals surface area (Å²) in [4.78, 5) is 16.5. The van der Waals surface area contributed by atoms with Gasteiger partial charge in [0.25, 0.3) is 0 Å². The Morgan fingerprint density at radius 2 is 2.11 bits per heavy atom. The van der Waals surface area contributed by atoms with E-state index in [1.807, 2.05) is 25.5 Å². The highest BCUT2D eigenvalue weighted by molar-refractivity contribution is 5.78. The summed E-state index contributed by atoms with van der Waals surface area (Å²) in [6.45, 7) is 11.4. The number of amides is 1. The second kappa shape index (κ2) is 6.54. The van der Waals surface area contributed by atoms with Gasteiger partial charge in [0.05, 0.1) is 18.7 Å². The quantitative estimate of drug-likeness (QED) is 0.786. The van der Waals surface area contributed by atoms with Crippen LogP contribution in [0, 0.1) is 19.8 Å². The van der Waals surface area contributed by atoms with Gasteiger partial charge in [-0.1, -0.05) is 13.8 Å². The highest BCUT2D eigenvalue weighted by Crippen LogP contribution is 2.15. The second-order valence-corrected chi connectivity index (χ2v) is 4.86. The molecule has 0 saturated heterocycles. The molecule has 1 N–H and O–H groups in total. The van der Waals surface area contributed by atoms with Crippen LogP contribution in [0.1, 0.15) is 37.7 Å². The highest BCUT2D eigenvalue weighted by atomic mass is 16.6. The predicted octanol–water partition coefficient (Wildman–Crippen LogP) is 1.77. The third-order valence-electron chi connectivity index (χ3n) is 2.74. The lowest BCUT2D eigenvalue weighted by atomic mass is 10.1. The predicted molar refractivity (Wildman–Crippen MR) is 70.0 cm³/mol. The zero-order chi connectivity index (χ0) is 13.7. The number of rotatable bonds is 6. The molecule has 0 spiro atoms. The number of carbonyl (C=O) groups excluding carboxylic acids is 1. The van der Waals surface area contributed by atoms with Crippen molar-refractivity contribution in [3.63, 3.8) is 0 Å². The van der Waals surface area contributed by atoms with Crippen LogP contribution in [0.3, 0.4) is 0 Å². The van der Waals surface area contributed by atoms with Crippen molar-refractivity contribution in [3.05, 3.63) is 17.0 Å². The monoisotopic (exact) mass is 253 g/mol. The third kappa shape index (κ3) is 3.84. The van der Waals surface area contributed by atoms with Gasteiger partial charge in [-0.15, -0.1) is 0 Å². The Hall–Kier alpha value is -1.36. The Kier molecular flexibility index (Phi) is 5.34. The molecule has 102 valence electrons. The van der Waals surface area contributed by atoms with Gasteiger partial charge in [-0.25, -0.2) is 5.48 Å². The molecule has 0 radical (unpaired) electrons. The van der Waals surface area contributed by atoms with Gasteiger partial charge in [0.1, 0.15) is 0 Å². The van der Waals surface area contributed by atoms with Crippen LogP contribution >= 0.6 is 0 Å². The number of nitrogens with one attached hydrogen (secondary N) is 1. The van der Waals surface area contributed by atoms with Crippen molar-refractivity contribution in [1.82, 2.24) is 15.3 Å². The Morgan fingerprint density at radius 3 is 2.67 bits per heavy atom. The molecule has 18 heavy (non-hydrogen) atoms. The molecule has 0 aliphatic rings. The van der Waals surface area contributed by atoms with Gasteiger partial charge in [0.2, 0.25) is 5.91 Å². The van der Waals surface area contributed by atoms with Crippen molar-refractivity contribution < 1.29 is 9.63 Å². The summed E-state index contributed by atoms with van der Waals surface area (Å²) >= 11 is 0. The molecule has 0 aromatic carbocycles. The minimum absolute atomic E-state index is 0.132. The molecule has 0 bridgehead atoms. The van der Waals surface area contributed by atoms with Crippen LogP contribution in [0.5, 0.6) is 0 Å². The van der Waals surface area contributed by atoms with E-state index >= 15 is 0 Å². The van der Waals surface area contributed by atoms with Crippen molar-refractivity contribution in [3.8, 4) is 0 Å². The normalized spacial score (nSPS) is 11.0. The van der Waals surface area contributed by atoms with Crippen LogP contribution in [0.25, 0.3) is 0 Å². The van der Waals surface area contributed by atoms with Crippen LogP contribution in [-0.4, -0.2) is 22.3 Å². The SMILES string of the molecule is CCONC(=O)Cc1c(C)nn(CC(C)C)c1C. The van der Waals surface area contributed by atoms with Gasteiger partial charge in [-0.05, 0) is 26.7 Å². The topological polar surface area (TPSA) is 56.1 Å². The second-order valence-electron chi connectivity index (χ2n) is 4.86. The summed E-state index contributed by atoms with van der Waals surface area (Å²) in [7, 11) is 0. The van der Waals surface area contributed by atoms with Crippen LogP contribution in [-0.2, 0) is 22.6 Å². The summed E-state index contributed by atoms with van der Waals surface area (Å²) in [5, 5.41) is 4.48. The molecule has 0 aliphatic heterocycles. The summed E-state index contributed by atoms with van der Waals surface area (Å²) in [6, 6.07) is 0. The third-order valence-corrected chi connectivity index (χ3v) is 2.74. The van der Waals surface area contributed by atoms with E-state index in [4.69, 9.17) is 4.84 Å². The zero-order valence-corrected chi connectivity index (χ0v) is 11.9. The molecule has 5 heteroatoms. The smallest absolute Gasteiger partial charge is 0.248 e. The average Bonchev–Trinajstić information content (AvgIpc) is 2.53. The Labute approximate surface area is 108 Å². The molecule has 0 unspecified atom stereocenters. The molecule has 1 aromatic rings. The highest BCUT2D eigenvalue weighted by Gasteiger charge is 2.15. The van der Waals surface area contributed by atoms with E-state index in [2.05, 4.69) is 24.4 Å². The maximum atomic E-state index is 11.6. The van der Waals surface area contributed by atoms with Crippen molar-refractivity contribution in [2.24, 2.45) is 5.92 Å². The number of nitrogens with zero attached hydrogens (tertiary/aromatic N) is 2. The van der Waals surface area contributed by atoms with Crippen molar-refractivity contribution in [1.29, 1.82) is 0 Å². The fourth-order valence-electron chi connectivity index (χ4n) is 1.86. The summed E-state index contributed by atoms with van der Waals surface area (Å²) in [5.74, 6) is 0.403. The van der Waals surface area contributed by atoms with E-state index in [0.717, 1.165) is 23.5 Å². The van der Waals surface area contributed by atoms with Crippen LogP contribution in [0.2, 0.25) is 0 Å². The maximum absolute atomic E-state index is 11.6. The van der Waals surface area contributed by atoms with Gasteiger partial charge in [-0.3, -0.25) is 14.3 Å². The molecular formula is C13H23N3O2. The first-order valence-electron chi connectivity index (χ1n) is 6.39. The van der Waals surface area contributed by atoms with Crippen LogP contribution in [0.4, 0.5) is 0 Å². The van der Waals surface area contributed by atoms with E-state index in [1.54, 1.807) is 0 Å². The van der Waals surface area contributed by atoms with Crippen LogP contribution in [0.15, 0.2) is 0 Å². The molecule has 0 aliphatic carbocycles. The standard InChI is InChI=1S/C13H23N3O2/c1-6-18-15-13(17)7-12-10(4)14-16(11(12)5)8-9(2)3/h9H,6-8H2,1-5H3,(H,15,17). The molecule has 1 heterocycles. The molecule has 1 aromatic heterocycles. The number of aryl methyl sites for hydroxylation is 1. The first kappa shape index (κ1) is 14.7. The first-order valence-corrected chi connectivity index (χ1v) is 6.39. The van der Waals surface area contributed by atoms with E-state index in [-0.39, 0.29) is 5.91 Å². The number of hydroxylamine groups is 1. The molecule has 1 amide bonds. The summed E-state index contributed by atoms with van der Waals surface area (Å²) in [5.41, 5.74) is 5.38. The zero-order valence-electron chi connectivity index (χ0n) is 11.9. The summed E-state index contributed by atoms with van der Waals surface area (Å²) in [6.07, 6.45) is 0.315. The van der Waals surface area contributed by atoms with E-state index in [1.165, 1.54) is 0 Å². The average molecular weight is 253 g/mol. The molecule has 1 rings (SSSR count). The number of hydrogen-bond donors (Lipinski definition) is 1. The van der Waals surface area contributed by atoms with Crippen molar-refractivity contribution in [2.45, 2.75) is 47.6 Å². The molecular weight excluding hydrogens is 230 g/mol. The van der Waals surface area contributed by atoms with Gasteiger partial charge in [-0.2, -0.15) is 5.10 Å². The fourth-order valence-corrected chi connectivity index (χ4v) is 1.86. The van der Waals surface area contributed by atoms with Crippen molar-refractivity contribution >= 4 is 5.91 Å². The van der Waals surface area contributed by atoms with Gasteiger partial charge < -0.3 is 0 Å². The van der Waals surface area contributed by atoms with Gasteiger partial charge in [0, 0.05) is 17.8 Å².